The number of fused-ring (bicyclic) bond motifs is 2. The van der Waals surface area contributed by atoms with Gasteiger partial charge >= 0.3 is 5.97 Å². The molecule has 2 aromatic carbocycles. The van der Waals surface area contributed by atoms with Crippen molar-refractivity contribution in [3.8, 4) is 11.3 Å². The van der Waals surface area contributed by atoms with E-state index in [1.165, 1.54) is 17.7 Å². The minimum Gasteiger partial charge on any atom is -0.462 e. The Morgan fingerprint density at radius 1 is 1.18 bits per heavy atom. The highest BCUT2D eigenvalue weighted by atomic mass is 19.1. The highest BCUT2D eigenvalue weighted by Gasteiger charge is 2.46. The number of ether oxygens (including phenoxy) is 1. The van der Waals surface area contributed by atoms with E-state index in [2.05, 4.69) is 22.6 Å². The van der Waals surface area contributed by atoms with E-state index in [4.69, 9.17) is 4.74 Å². The number of aromatic nitrogens is 2. The van der Waals surface area contributed by atoms with Gasteiger partial charge in [-0.05, 0) is 68.7 Å². The van der Waals surface area contributed by atoms with Crippen molar-refractivity contribution in [1.29, 1.82) is 0 Å². The molecule has 1 aromatic heterocycles. The first-order chi connectivity index (χ1) is 16.4. The van der Waals surface area contributed by atoms with Crippen molar-refractivity contribution in [3.05, 3.63) is 83.1 Å². The van der Waals surface area contributed by atoms with E-state index in [1.807, 2.05) is 6.33 Å². The monoisotopic (exact) mass is 458 g/mol. The van der Waals surface area contributed by atoms with Crippen LogP contribution in [0.15, 0.2) is 60.4 Å². The lowest BCUT2D eigenvalue weighted by molar-refractivity contribution is 0.0526. The van der Waals surface area contributed by atoms with Crippen LogP contribution in [0.25, 0.3) is 17.3 Å². The largest absolute Gasteiger partial charge is 0.462 e. The Bertz CT molecular complexity index is 1290. The van der Waals surface area contributed by atoms with E-state index in [9.17, 15) is 14.0 Å². The molecular formula is C28H27FN2O3. The van der Waals surface area contributed by atoms with Crippen LogP contribution in [0.5, 0.6) is 0 Å². The van der Waals surface area contributed by atoms with Crippen molar-refractivity contribution in [1.82, 2.24) is 9.55 Å². The van der Waals surface area contributed by atoms with Gasteiger partial charge in [-0.3, -0.25) is 4.79 Å². The van der Waals surface area contributed by atoms with Gasteiger partial charge in [0.15, 0.2) is 5.78 Å². The summed E-state index contributed by atoms with van der Waals surface area (Å²) in [5.74, 6) is -0.832. The van der Waals surface area contributed by atoms with Crippen LogP contribution in [-0.2, 0) is 11.3 Å². The Balaban J connectivity index is 1.48. The van der Waals surface area contributed by atoms with Gasteiger partial charge in [0.2, 0.25) is 0 Å². The van der Waals surface area contributed by atoms with Gasteiger partial charge in [0.1, 0.15) is 5.82 Å². The number of imidazole rings is 1. The molecule has 6 heteroatoms. The van der Waals surface area contributed by atoms with Crippen molar-refractivity contribution in [2.75, 3.05) is 6.61 Å². The van der Waals surface area contributed by atoms with Crippen molar-refractivity contribution in [3.63, 3.8) is 0 Å². The summed E-state index contributed by atoms with van der Waals surface area (Å²) in [6.07, 6.45) is 6.63. The molecule has 1 aliphatic carbocycles. The number of halogens is 1. The van der Waals surface area contributed by atoms with E-state index < -0.39 is 5.97 Å². The molecule has 0 radical (unpaired) electrons. The molecule has 0 amide bonds. The maximum atomic E-state index is 13.7. The van der Waals surface area contributed by atoms with Crippen LogP contribution in [0.3, 0.4) is 0 Å². The molecule has 0 unspecified atom stereocenters. The number of benzene rings is 2. The number of allylic oxidation sites excluding steroid dienone is 1. The molecule has 3 aromatic rings. The van der Waals surface area contributed by atoms with Gasteiger partial charge in [-0.2, -0.15) is 0 Å². The Morgan fingerprint density at radius 2 is 1.94 bits per heavy atom. The number of carbonyl (C=O) groups is 2. The Kier molecular flexibility index (Phi) is 5.68. The minimum atomic E-state index is -0.415. The maximum absolute atomic E-state index is 13.7. The van der Waals surface area contributed by atoms with E-state index in [-0.39, 0.29) is 22.9 Å². The second-order valence-electron chi connectivity index (χ2n) is 9.31. The molecule has 2 heterocycles. The van der Waals surface area contributed by atoms with Crippen LogP contribution < -0.4 is 0 Å². The summed E-state index contributed by atoms with van der Waals surface area (Å²) in [6.45, 7) is 4.87. The predicted molar refractivity (Wildman–Crippen MR) is 128 cm³/mol. The second kappa shape index (κ2) is 8.67. The predicted octanol–water partition coefficient (Wildman–Crippen LogP) is 5.95. The van der Waals surface area contributed by atoms with Crippen LogP contribution in [0.4, 0.5) is 4.39 Å². The zero-order valence-corrected chi connectivity index (χ0v) is 19.4. The summed E-state index contributed by atoms with van der Waals surface area (Å²) in [4.78, 5) is 30.5. The van der Waals surface area contributed by atoms with Crippen LogP contribution >= 0.6 is 0 Å². The maximum Gasteiger partial charge on any atom is 0.338 e. The molecule has 1 fully saturated rings. The number of esters is 1. The number of hydrogen-bond donors (Lipinski definition) is 0. The lowest BCUT2D eigenvalue weighted by Crippen LogP contribution is -2.43. The lowest BCUT2D eigenvalue weighted by Gasteiger charge is -2.45. The Labute approximate surface area is 198 Å². The average molecular weight is 459 g/mol. The van der Waals surface area contributed by atoms with Crippen molar-refractivity contribution < 1.29 is 18.7 Å². The van der Waals surface area contributed by atoms with Gasteiger partial charge in [0.25, 0.3) is 0 Å². The fraction of sp³-hybridized carbons (Fsp3) is 0.321. The molecule has 0 saturated heterocycles. The van der Waals surface area contributed by atoms with Gasteiger partial charge in [0.05, 0.1) is 29.9 Å². The first kappa shape index (κ1) is 22.3. The zero-order chi connectivity index (χ0) is 23.9. The van der Waals surface area contributed by atoms with Crippen LogP contribution in [0.2, 0.25) is 0 Å². The fourth-order valence-corrected chi connectivity index (χ4v) is 5.43. The third-order valence-corrected chi connectivity index (χ3v) is 7.22. The molecule has 2 aliphatic rings. The normalized spacial score (nSPS) is 21.3. The molecular weight excluding hydrogens is 431 g/mol. The molecule has 34 heavy (non-hydrogen) atoms. The number of nitrogens with zero attached hydrogens (tertiary/aromatic N) is 2. The molecule has 2 atom stereocenters. The summed E-state index contributed by atoms with van der Waals surface area (Å²) < 4.78 is 20.6. The first-order valence-corrected chi connectivity index (χ1v) is 11.7. The molecule has 1 aliphatic heterocycles. The number of Topliss-reactive ketones (excluding diaryl/α,β-unsaturated/α-hetero) is 1. The SMILES string of the molecule is CCOC(=O)c1cccc(C(=O)[C@H]2CCCC3=Cc4c(-c5ccc(F)cc5)ncn4C[C@@]32C)c1. The summed E-state index contributed by atoms with van der Waals surface area (Å²) in [5.41, 5.74) is 4.53. The Morgan fingerprint density at radius 3 is 2.71 bits per heavy atom. The number of rotatable bonds is 5. The number of carbonyl (C=O) groups excluding carboxylic acids is 2. The van der Waals surface area contributed by atoms with E-state index in [0.29, 0.717) is 24.3 Å². The molecule has 0 bridgehead atoms. The Hall–Kier alpha value is -3.54. The first-order valence-electron chi connectivity index (χ1n) is 11.7. The average Bonchev–Trinajstić information content (AvgIpc) is 3.24. The van der Waals surface area contributed by atoms with Crippen LogP contribution in [0, 0.1) is 17.2 Å². The quantitative estimate of drug-likeness (QED) is 0.350. The molecule has 0 N–H and O–H groups in total. The van der Waals surface area contributed by atoms with Crippen LogP contribution in [0.1, 0.15) is 59.5 Å². The molecule has 1 saturated carbocycles. The topological polar surface area (TPSA) is 61.2 Å². The molecule has 0 spiro atoms. The number of hydrogen-bond acceptors (Lipinski definition) is 4. The highest BCUT2D eigenvalue weighted by Crippen LogP contribution is 2.51. The minimum absolute atomic E-state index is 0.0570. The van der Waals surface area contributed by atoms with Gasteiger partial charge in [-0.25, -0.2) is 14.2 Å². The third kappa shape index (κ3) is 3.77. The summed E-state index contributed by atoms with van der Waals surface area (Å²) in [7, 11) is 0. The molecule has 174 valence electrons. The van der Waals surface area contributed by atoms with E-state index in [0.717, 1.165) is 36.2 Å². The summed E-state index contributed by atoms with van der Waals surface area (Å²) in [5, 5.41) is 0. The van der Waals surface area contributed by atoms with Gasteiger partial charge in [-0.15, -0.1) is 0 Å². The molecule has 5 rings (SSSR count). The van der Waals surface area contributed by atoms with Gasteiger partial charge < -0.3 is 9.30 Å². The third-order valence-electron chi connectivity index (χ3n) is 7.22. The van der Waals surface area contributed by atoms with Gasteiger partial charge in [-0.1, -0.05) is 24.6 Å². The van der Waals surface area contributed by atoms with Crippen LogP contribution in [-0.4, -0.2) is 27.9 Å². The summed E-state index contributed by atoms with van der Waals surface area (Å²) >= 11 is 0. The van der Waals surface area contributed by atoms with E-state index >= 15 is 0 Å². The standard InChI is InChI=1S/C28H27FN2O3/c1-3-34-27(33)20-7-4-6-19(14-20)26(32)23-9-5-8-21-15-24-25(18-10-12-22(29)13-11-18)30-17-31(24)16-28(21,23)2/h4,6-7,10-15,17,23H,3,5,8-9,16H2,1-2H3/t23-,28+/m1/s1. The van der Waals surface area contributed by atoms with E-state index in [1.54, 1.807) is 43.3 Å². The van der Waals surface area contributed by atoms with Crippen molar-refractivity contribution in [2.24, 2.45) is 11.3 Å². The number of ketones is 1. The summed E-state index contributed by atoms with van der Waals surface area (Å²) in [6, 6.07) is 13.2. The second-order valence-corrected chi connectivity index (χ2v) is 9.31. The smallest absolute Gasteiger partial charge is 0.338 e. The fourth-order valence-electron chi connectivity index (χ4n) is 5.43. The van der Waals surface area contributed by atoms with Gasteiger partial charge in [0, 0.05) is 29.0 Å². The van der Waals surface area contributed by atoms with Crippen molar-refractivity contribution in [2.45, 2.75) is 39.7 Å². The van der Waals surface area contributed by atoms with Crippen molar-refractivity contribution >= 4 is 17.8 Å². The highest BCUT2D eigenvalue weighted by molar-refractivity contribution is 6.01. The lowest BCUT2D eigenvalue weighted by atomic mass is 9.61. The zero-order valence-electron chi connectivity index (χ0n) is 19.4. The molecule has 5 nitrogen and oxygen atoms in total.